The quantitative estimate of drug-likeness (QED) is 0.832. The second kappa shape index (κ2) is 4.98. The highest BCUT2D eigenvalue weighted by Crippen LogP contribution is 2.37. The highest BCUT2D eigenvalue weighted by Gasteiger charge is 2.34. The lowest BCUT2D eigenvalue weighted by atomic mass is 9.99. The molecular weight excluding hydrogens is 228 g/mol. The maximum Gasteiger partial charge on any atom is 0.387 e. The zero-order valence-corrected chi connectivity index (χ0v) is 9.22. The summed E-state index contributed by atoms with van der Waals surface area (Å²) in [5.74, 6) is 0.306. The van der Waals surface area contributed by atoms with Crippen LogP contribution in [0.5, 0.6) is 5.75 Å². The zero-order chi connectivity index (χ0) is 12.4. The number of hydrogen-bond donors (Lipinski definition) is 2. The fraction of sp³-hybridized carbons (Fsp3) is 0.500. The van der Waals surface area contributed by atoms with Crippen LogP contribution in [0.25, 0.3) is 0 Å². The van der Waals surface area contributed by atoms with E-state index in [1.165, 1.54) is 12.1 Å². The minimum Gasteiger partial charge on any atom is -0.435 e. The Bertz CT molecular complexity index is 383. The predicted octanol–water partition coefficient (Wildman–Crippen LogP) is 2.06. The second-order valence-corrected chi connectivity index (χ2v) is 4.30. The summed E-state index contributed by atoms with van der Waals surface area (Å²) in [6.07, 6.45) is 1.33. The third kappa shape index (κ3) is 3.14. The van der Waals surface area contributed by atoms with Crippen LogP contribution in [0.3, 0.4) is 0 Å². The van der Waals surface area contributed by atoms with Crippen LogP contribution in [0.1, 0.15) is 24.4 Å². The molecule has 1 aliphatic carbocycles. The van der Waals surface area contributed by atoms with Gasteiger partial charge >= 0.3 is 6.61 Å². The third-order valence-corrected chi connectivity index (χ3v) is 2.94. The molecule has 1 saturated carbocycles. The highest BCUT2D eigenvalue weighted by molar-refractivity contribution is 5.31. The summed E-state index contributed by atoms with van der Waals surface area (Å²) >= 11 is 0. The molecule has 0 heterocycles. The molecule has 1 aliphatic rings. The first-order valence-corrected chi connectivity index (χ1v) is 5.56. The van der Waals surface area contributed by atoms with Gasteiger partial charge in [-0.25, -0.2) is 0 Å². The molecule has 2 rings (SSSR count). The third-order valence-electron chi connectivity index (χ3n) is 2.94. The van der Waals surface area contributed by atoms with E-state index < -0.39 is 18.8 Å². The van der Waals surface area contributed by atoms with Crippen molar-refractivity contribution in [1.82, 2.24) is 0 Å². The van der Waals surface area contributed by atoms with E-state index in [1.54, 1.807) is 12.1 Å². The smallest absolute Gasteiger partial charge is 0.387 e. The summed E-state index contributed by atoms with van der Waals surface area (Å²) in [4.78, 5) is 0. The summed E-state index contributed by atoms with van der Waals surface area (Å²) in [6, 6.07) is 5.62. The minimum atomic E-state index is -2.85. The van der Waals surface area contributed by atoms with Crippen molar-refractivity contribution in [3.63, 3.8) is 0 Å². The molecule has 17 heavy (non-hydrogen) atoms. The van der Waals surface area contributed by atoms with Crippen LogP contribution in [-0.4, -0.2) is 17.8 Å². The van der Waals surface area contributed by atoms with Crippen molar-refractivity contribution < 1.29 is 18.6 Å². The molecule has 0 unspecified atom stereocenters. The summed E-state index contributed by atoms with van der Waals surface area (Å²) in [7, 11) is 0. The van der Waals surface area contributed by atoms with Crippen LogP contribution < -0.4 is 10.5 Å². The van der Waals surface area contributed by atoms with Gasteiger partial charge in [0.25, 0.3) is 0 Å². The lowest BCUT2D eigenvalue weighted by Gasteiger charge is -2.19. The van der Waals surface area contributed by atoms with Crippen LogP contribution in [0, 0.1) is 5.92 Å². The van der Waals surface area contributed by atoms with Crippen molar-refractivity contribution in [3.05, 3.63) is 29.8 Å². The van der Waals surface area contributed by atoms with E-state index in [4.69, 9.17) is 5.73 Å². The summed E-state index contributed by atoms with van der Waals surface area (Å²) in [5.41, 5.74) is 6.50. The molecule has 3 nitrogen and oxygen atoms in total. The lowest BCUT2D eigenvalue weighted by Crippen LogP contribution is -2.27. The van der Waals surface area contributed by atoms with Crippen LogP contribution in [0.4, 0.5) is 8.78 Å². The molecular formula is C12H15F2NO2. The SMILES string of the molecule is N[C@H](c1cccc(OC(F)F)c1)[C@@H](O)C1CC1. The number of halogens is 2. The van der Waals surface area contributed by atoms with E-state index in [1.807, 2.05) is 0 Å². The maximum absolute atomic E-state index is 12.0. The molecule has 0 radical (unpaired) electrons. The molecule has 94 valence electrons. The lowest BCUT2D eigenvalue weighted by molar-refractivity contribution is -0.0499. The van der Waals surface area contributed by atoms with Crippen molar-refractivity contribution >= 4 is 0 Å². The average molecular weight is 243 g/mol. The first-order chi connectivity index (χ1) is 8.08. The normalized spacial score (nSPS) is 19.1. The van der Waals surface area contributed by atoms with Gasteiger partial charge in [-0.05, 0) is 36.5 Å². The Morgan fingerprint density at radius 3 is 2.65 bits per heavy atom. The van der Waals surface area contributed by atoms with Crippen LogP contribution >= 0.6 is 0 Å². The first kappa shape index (κ1) is 12.3. The van der Waals surface area contributed by atoms with Gasteiger partial charge in [0.2, 0.25) is 0 Å². The molecule has 1 aromatic rings. The molecule has 2 atom stereocenters. The van der Waals surface area contributed by atoms with Crippen molar-refractivity contribution in [3.8, 4) is 5.75 Å². The largest absolute Gasteiger partial charge is 0.435 e. The fourth-order valence-corrected chi connectivity index (χ4v) is 1.83. The summed E-state index contributed by atoms with van der Waals surface area (Å²) < 4.78 is 28.4. The predicted molar refractivity (Wildman–Crippen MR) is 58.7 cm³/mol. The van der Waals surface area contributed by atoms with Gasteiger partial charge in [-0.15, -0.1) is 0 Å². The molecule has 0 aromatic heterocycles. The maximum atomic E-state index is 12.0. The molecule has 0 amide bonds. The van der Waals surface area contributed by atoms with E-state index in [-0.39, 0.29) is 11.7 Å². The Morgan fingerprint density at radius 2 is 2.06 bits per heavy atom. The van der Waals surface area contributed by atoms with E-state index >= 15 is 0 Å². The molecule has 3 N–H and O–H groups in total. The Balaban J connectivity index is 2.08. The molecule has 0 aliphatic heterocycles. The zero-order valence-electron chi connectivity index (χ0n) is 9.22. The average Bonchev–Trinajstić information content (AvgIpc) is 3.10. The second-order valence-electron chi connectivity index (χ2n) is 4.30. The Kier molecular flexibility index (Phi) is 3.59. The molecule has 5 heteroatoms. The molecule has 1 fully saturated rings. The molecule has 0 spiro atoms. The number of nitrogens with two attached hydrogens (primary N) is 1. The van der Waals surface area contributed by atoms with Crippen LogP contribution in [-0.2, 0) is 0 Å². The summed E-state index contributed by atoms with van der Waals surface area (Å²) in [6.45, 7) is -2.85. The molecule has 1 aromatic carbocycles. The number of aliphatic hydroxyl groups is 1. The number of benzene rings is 1. The number of alkyl halides is 2. The Hall–Kier alpha value is -1.20. The number of ether oxygens (including phenoxy) is 1. The number of hydrogen-bond acceptors (Lipinski definition) is 3. The first-order valence-electron chi connectivity index (χ1n) is 5.56. The highest BCUT2D eigenvalue weighted by atomic mass is 19.3. The van der Waals surface area contributed by atoms with Gasteiger partial charge in [0, 0.05) is 0 Å². The standard InChI is InChI=1S/C12H15F2NO2/c13-12(14)17-9-3-1-2-8(6-9)10(15)11(16)7-4-5-7/h1-3,6-7,10-12,16H,4-5,15H2/t10-,11+/m1/s1. The van der Waals surface area contributed by atoms with Gasteiger partial charge in [0.15, 0.2) is 0 Å². The fourth-order valence-electron chi connectivity index (χ4n) is 1.83. The van der Waals surface area contributed by atoms with Crippen molar-refractivity contribution in [2.75, 3.05) is 0 Å². The summed E-state index contributed by atoms with van der Waals surface area (Å²) in [5, 5.41) is 9.87. The van der Waals surface area contributed by atoms with Crippen molar-refractivity contribution in [1.29, 1.82) is 0 Å². The monoisotopic (exact) mass is 243 g/mol. The van der Waals surface area contributed by atoms with Gasteiger partial charge in [-0.3, -0.25) is 0 Å². The molecule has 0 bridgehead atoms. The van der Waals surface area contributed by atoms with Crippen LogP contribution in [0.15, 0.2) is 24.3 Å². The number of rotatable bonds is 5. The minimum absolute atomic E-state index is 0.0657. The van der Waals surface area contributed by atoms with Gasteiger partial charge in [-0.1, -0.05) is 12.1 Å². The van der Waals surface area contributed by atoms with Crippen LogP contribution in [0.2, 0.25) is 0 Å². The van der Waals surface area contributed by atoms with Gasteiger partial charge in [0.1, 0.15) is 5.75 Å². The van der Waals surface area contributed by atoms with E-state index in [2.05, 4.69) is 4.74 Å². The van der Waals surface area contributed by atoms with Crippen molar-refractivity contribution in [2.24, 2.45) is 11.7 Å². The number of aliphatic hydroxyl groups excluding tert-OH is 1. The topological polar surface area (TPSA) is 55.5 Å². The Morgan fingerprint density at radius 1 is 1.35 bits per heavy atom. The molecule has 0 saturated heterocycles. The Labute approximate surface area is 98.2 Å². The van der Waals surface area contributed by atoms with Gasteiger partial charge in [-0.2, -0.15) is 8.78 Å². The van der Waals surface area contributed by atoms with Gasteiger partial charge in [0.05, 0.1) is 12.1 Å². The van der Waals surface area contributed by atoms with Gasteiger partial charge < -0.3 is 15.6 Å². The van der Waals surface area contributed by atoms with Crippen molar-refractivity contribution in [2.45, 2.75) is 31.6 Å². The van der Waals surface area contributed by atoms with E-state index in [0.29, 0.717) is 5.56 Å². The van der Waals surface area contributed by atoms with E-state index in [9.17, 15) is 13.9 Å². The van der Waals surface area contributed by atoms with E-state index in [0.717, 1.165) is 12.8 Å².